The van der Waals surface area contributed by atoms with Crippen molar-refractivity contribution in [2.24, 2.45) is 5.92 Å². The van der Waals surface area contributed by atoms with Gasteiger partial charge in [0.15, 0.2) is 0 Å². The summed E-state index contributed by atoms with van der Waals surface area (Å²) in [6, 6.07) is 0.272. The topological polar surface area (TPSA) is 52.6 Å². The predicted molar refractivity (Wildman–Crippen MR) is 82.6 cm³/mol. The molecule has 2 N–H and O–H groups in total. The maximum atomic E-state index is 11.9. The normalized spacial score (nSPS) is 18.5. The molecule has 0 aliphatic heterocycles. The van der Waals surface area contributed by atoms with Crippen LogP contribution >= 0.6 is 0 Å². The highest BCUT2D eigenvalue weighted by atomic mass is 16.3. The Balaban J connectivity index is 2.20. The summed E-state index contributed by atoms with van der Waals surface area (Å²) in [6.45, 7) is 7.59. The monoisotopic (exact) mass is 284 g/mol. The standard InChI is InChI=1S/C16H32N2O2/c1-13(2)18(11-14(3)19)12-16(20)17-10-9-15-7-5-4-6-8-15/h13-15,19H,4-12H2,1-3H3,(H,17,20). The highest BCUT2D eigenvalue weighted by Gasteiger charge is 2.17. The van der Waals surface area contributed by atoms with E-state index in [1.807, 2.05) is 4.90 Å². The van der Waals surface area contributed by atoms with Crippen molar-refractivity contribution in [1.82, 2.24) is 10.2 Å². The smallest absolute Gasteiger partial charge is 0.234 e. The first kappa shape index (κ1) is 17.4. The van der Waals surface area contributed by atoms with Crippen LogP contribution in [-0.4, -0.2) is 47.7 Å². The molecule has 1 amide bonds. The minimum Gasteiger partial charge on any atom is -0.392 e. The van der Waals surface area contributed by atoms with Gasteiger partial charge in [-0.15, -0.1) is 0 Å². The average molecular weight is 284 g/mol. The molecule has 1 rings (SSSR count). The Morgan fingerprint density at radius 3 is 2.45 bits per heavy atom. The van der Waals surface area contributed by atoms with E-state index < -0.39 is 6.10 Å². The van der Waals surface area contributed by atoms with Crippen LogP contribution in [0, 0.1) is 5.92 Å². The third-order valence-electron chi connectivity index (χ3n) is 4.18. The molecule has 1 aliphatic carbocycles. The number of hydrogen-bond acceptors (Lipinski definition) is 3. The van der Waals surface area contributed by atoms with Gasteiger partial charge < -0.3 is 10.4 Å². The molecule has 4 heteroatoms. The Hall–Kier alpha value is -0.610. The second-order valence-corrected chi connectivity index (χ2v) is 6.51. The lowest BCUT2D eigenvalue weighted by molar-refractivity contribution is -0.123. The average Bonchev–Trinajstić information content (AvgIpc) is 2.38. The van der Waals surface area contributed by atoms with E-state index in [0.717, 1.165) is 18.9 Å². The van der Waals surface area contributed by atoms with Gasteiger partial charge >= 0.3 is 0 Å². The first-order chi connectivity index (χ1) is 9.49. The van der Waals surface area contributed by atoms with Crippen molar-refractivity contribution in [3.63, 3.8) is 0 Å². The van der Waals surface area contributed by atoms with Crippen molar-refractivity contribution >= 4 is 5.91 Å². The van der Waals surface area contributed by atoms with Crippen LogP contribution in [0.15, 0.2) is 0 Å². The van der Waals surface area contributed by atoms with Crippen LogP contribution < -0.4 is 5.32 Å². The Labute approximate surface area is 123 Å². The zero-order valence-electron chi connectivity index (χ0n) is 13.4. The minimum absolute atomic E-state index is 0.0789. The molecule has 1 unspecified atom stereocenters. The number of carbonyl (C=O) groups excluding carboxylic acids is 1. The lowest BCUT2D eigenvalue weighted by Crippen LogP contribution is -2.44. The van der Waals surface area contributed by atoms with Crippen molar-refractivity contribution in [2.45, 2.75) is 71.4 Å². The van der Waals surface area contributed by atoms with Crippen LogP contribution in [0.25, 0.3) is 0 Å². The summed E-state index contributed by atoms with van der Waals surface area (Å²) in [5.41, 5.74) is 0. The van der Waals surface area contributed by atoms with Gasteiger partial charge in [0, 0.05) is 19.1 Å². The van der Waals surface area contributed by atoms with Crippen LogP contribution in [0.1, 0.15) is 59.3 Å². The number of nitrogens with one attached hydrogen (secondary N) is 1. The molecule has 1 saturated carbocycles. The first-order valence-electron chi connectivity index (χ1n) is 8.18. The molecule has 0 bridgehead atoms. The van der Waals surface area contributed by atoms with E-state index in [0.29, 0.717) is 13.1 Å². The van der Waals surface area contributed by atoms with Crippen molar-refractivity contribution in [3.8, 4) is 0 Å². The Morgan fingerprint density at radius 2 is 1.90 bits per heavy atom. The molecule has 0 heterocycles. The van der Waals surface area contributed by atoms with Crippen molar-refractivity contribution in [2.75, 3.05) is 19.6 Å². The van der Waals surface area contributed by atoms with E-state index >= 15 is 0 Å². The maximum Gasteiger partial charge on any atom is 0.234 e. The number of nitrogens with zero attached hydrogens (tertiary/aromatic N) is 1. The SMILES string of the molecule is CC(O)CN(CC(=O)NCCC1CCCCC1)C(C)C. The van der Waals surface area contributed by atoms with E-state index in [4.69, 9.17) is 0 Å². The quantitative estimate of drug-likeness (QED) is 0.718. The van der Waals surface area contributed by atoms with Crippen LogP contribution in [0.5, 0.6) is 0 Å². The number of aliphatic hydroxyl groups is 1. The van der Waals surface area contributed by atoms with E-state index in [1.165, 1.54) is 32.1 Å². The molecule has 0 spiro atoms. The molecule has 4 nitrogen and oxygen atoms in total. The van der Waals surface area contributed by atoms with Gasteiger partial charge in [-0.05, 0) is 33.1 Å². The third-order valence-corrected chi connectivity index (χ3v) is 4.18. The number of hydrogen-bond donors (Lipinski definition) is 2. The summed E-state index contributed by atoms with van der Waals surface area (Å²) in [7, 11) is 0. The summed E-state index contributed by atoms with van der Waals surface area (Å²) < 4.78 is 0. The second-order valence-electron chi connectivity index (χ2n) is 6.51. The Morgan fingerprint density at radius 1 is 1.25 bits per heavy atom. The molecule has 20 heavy (non-hydrogen) atoms. The zero-order valence-corrected chi connectivity index (χ0v) is 13.4. The van der Waals surface area contributed by atoms with Gasteiger partial charge in [-0.1, -0.05) is 32.1 Å². The lowest BCUT2D eigenvalue weighted by Gasteiger charge is -2.27. The van der Waals surface area contributed by atoms with Crippen LogP contribution in [0.3, 0.4) is 0 Å². The van der Waals surface area contributed by atoms with E-state index in [9.17, 15) is 9.90 Å². The zero-order chi connectivity index (χ0) is 15.0. The highest BCUT2D eigenvalue weighted by Crippen LogP contribution is 2.25. The first-order valence-corrected chi connectivity index (χ1v) is 8.18. The fraction of sp³-hybridized carbons (Fsp3) is 0.938. The van der Waals surface area contributed by atoms with Crippen molar-refractivity contribution in [3.05, 3.63) is 0 Å². The fourth-order valence-corrected chi connectivity index (χ4v) is 2.93. The molecule has 1 aliphatic rings. The lowest BCUT2D eigenvalue weighted by atomic mass is 9.87. The number of amides is 1. The molecule has 118 valence electrons. The summed E-state index contributed by atoms with van der Waals surface area (Å²) in [4.78, 5) is 14.0. The summed E-state index contributed by atoms with van der Waals surface area (Å²) in [5.74, 6) is 0.887. The van der Waals surface area contributed by atoms with E-state index in [1.54, 1.807) is 6.92 Å². The van der Waals surface area contributed by atoms with Gasteiger partial charge in [-0.3, -0.25) is 9.69 Å². The Bertz CT molecular complexity index is 274. The number of aliphatic hydroxyl groups excluding tert-OH is 1. The van der Waals surface area contributed by atoms with Gasteiger partial charge in [-0.25, -0.2) is 0 Å². The molecule has 1 fully saturated rings. The molecule has 1 atom stereocenters. The fourth-order valence-electron chi connectivity index (χ4n) is 2.93. The summed E-state index contributed by atoms with van der Waals surface area (Å²) in [6.07, 6.45) is 7.47. The van der Waals surface area contributed by atoms with Gasteiger partial charge in [-0.2, -0.15) is 0 Å². The molecule has 0 saturated heterocycles. The predicted octanol–water partition coefficient (Wildman–Crippen LogP) is 2.16. The number of rotatable bonds is 8. The maximum absolute atomic E-state index is 11.9. The molecule has 0 aromatic carbocycles. The van der Waals surface area contributed by atoms with E-state index in [-0.39, 0.29) is 11.9 Å². The summed E-state index contributed by atoms with van der Waals surface area (Å²) >= 11 is 0. The molecular formula is C16H32N2O2. The van der Waals surface area contributed by atoms with Crippen LogP contribution in [-0.2, 0) is 4.79 Å². The van der Waals surface area contributed by atoms with E-state index in [2.05, 4.69) is 19.2 Å². The Kier molecular flexibility index (Phi) is 8.15. The van der Waals surface area contributed by atoms with Gasteiger partial charge in [0.25, 0.3) is 0 Å². The second kappa shape index (κ2) is 9.35. The van der Waals surface area contributed by atoms with Crippen molar-refractivity contribution < 1.29 is 9.90 Å². The number of carbonyl (C=O) groups is 1. The van der Waals surface area contributed by atoms with Crippen molar-refractivity contribution in [1.29, 1.82) is 0 Å². The molecule has 0 aromatic heterocycles. The largest absolute Gasteiger partial charge is 0.392 e. The van der Waals surface area contributed by atoms with Crippen LogP contribution in [0.4, 0.5) is 0 Å². The van der Waals surface area contributed by atoms with Gasteiger partial charge in [0.1, 0.15) is 0 Å². The van der Waals surface area contributed by atoms with Gasteiger partial charge in [0.2, 0.25) is 5.91 Å². The molecule has 0 radical (unpaired) electrons. The molecular weight excluding hydrogens is 252 g/mol. The van der Waals surface area contributed by atoms with Crippen LogP contribution in [0.2, 0.25) is 0 Å². The minimum atomic E-state index is -0.396. The third kappa shape index (κ3) is 7.25. The van der Waals surface area contributed by atoms with Gasteiger partial charge in [0.05, 0.1) is 12.6 Å². The summed E-state index contributed by atoms with van der Waals surface area (Å²) in [5, 5.41) is 12.5. The highest BCUT2D eigenvalue weighted by molar-refractivity contribution is 5.78. The molecule has 0 aromatic rings.